The molecule has 10 nitrogen and oxygen atoms in total. The molecule has 1 saturated carbocycles. The second-order valence-electron chi connectivity index (χ2n) is 11.3. The summed E-state index contributed by atoms with van der Waals surface area (Å²) in [6.45, 7) is 1.95. The number of rotatable bonds is 6. The lowest BCUT2D eigenvalue weighted by Gasteiger charge is -2.29. The summed E-state index contributed by atoms with van der Waals surface area (Å²) in [5.41, 5.74) is 4.33. The van der Waals surface area contributed by atoms with E-state index in [0.29, 0.717) is 28.1 Å². The zero-order chi connectivity index (χ0) is 31.0. The highest BCUT2D eigenvalue weighted by Gasteiger charge is 2.40. The molecule has 4 amide bonds. The zero-order valence-electron chi connectivity index (χ0n) is 24.0. The molecule has 0 spiro atoms. The number of hydrogen-bond donors (Lipinski definition) is 3. The van der Waals surface area contributed by atoms with E-state index in [1.54, 1.807) is 36.4 Å². The number of nitrogens with one attached hydrogen (secondary N) is 3. The molecule has 1 unspecified atom stereocenters. The van der Waals surface area contributed by atoms with Crippen molar-refractivity contribution in [2.75, 3.05) is 10.6 Å². The van der Waals surface area contributed by atoms with Gasteiger partial charge in [-0.15, -0.1) is 0 Å². The fourth-order valence-corrected chi connectivity index (χ4v) is 6.03. The third-order valence-electron chi connectivity index (χ3n) is 8.43. The first-order valence-electron chi connectivity index (χ1n) is 14.5. The molecular weight excluding hydrogens is 560 g/mol. The molecule has 1 saturated heterocycles. The van der Waals surface area contributed by atoms with E-state index in [1.165, 1.54) is 11.1 Å². The Balaban J connectivity index is 1.12. The van der Waals surface area contributed by atoms with Gasteiger partial charge in [0.05, 0.1) is 5.57 Å². The average molecular weight is 591 g/mol. The summed E-state index contributed by atoms with van der Waals surface area (Å²) in [6, 6.07) is 18.9. The molecule has 2 heterocycles. The summed E-state index contributed by atoms with van der Waals surface area (Å²) in [5.74, 6) is -2.11. The lowest BCUT2D eigenvalue weighted by atomic mass is 9.80. The van der Waals surface area contributed by atoms with Gasteiger partial charge < -0.3 is 15.5 Å². The number of allylic oxidation sites excluding steroid dienone is 1. The van der Waals surface area contributed by atoms with Crippen LogP contribution in [-0.2, 0) is 25.7 Å². The van der Waals surface area contributed by atoms with Gasteiger partial charge in [0.2, 0.25) is 11.8 Å². The van der Waals surface area contributed by atoms with E-state index in [-0.39, 0.29) is 73.0 Å². The number of imide groups is 1. The van der Waals surface area contributed by atoms with Crippen molar-refractivity contribution in [2.45, 2.75) is 51.1 Å². The van der Waals surface area contributed by atoms with Crippen molar-refractivity contribution in [1.82, 2.24) is 10.2 Å². The van der Waals surface area contributed by atoms with Gasteiger partial charge in [-0.25, -0.2) is 0 Å². The van der Waals surface area contributed by atoms with Crippen molar-refractivity contribution in [3.05, 3.63) is 106 Å². The number of aryl methyl sites for hydroxylation is 1. The van der Waals surface area contributed by atoms with Crippen molar-refractivity contribution in [3.8, 4) is 0 Å². The number of carbonyl (C=O) groups is 6. The van der Waals surface area contributed by atoms with Gasteiger partial charge in [-0.05, 0) is 60.7 Å². The van der Waals surface area contributed by atoms with Crippen LogP contribution in [0, 0.1) is 6.92 Å². The summed E-state index contributed by atoms with van der Waals surface area (Å²) in [4.78, 5) is 77.4. The van der Waals surface area contributed by atoms with E-state index in [0.717, 1.165) is 11.1 Å². The summed E-state index contributed by atoms with van der Waals surface area (Å²) in [7, 11) is 0. The van der Waals surface area contributed by atoms with Crippen LogP contribution >= 0.6 is 0 Å². The summed E-state index contributed by atoms with van der Waals surface area (Å²) in [5, 5.41) is 8.24. The van der Waals surface area contributed by atoms with Crippen molar-refractivity contribution in [2.24, 2.45) is 0 Å². The number of hydrogen-bond acceptors (Lipinski definition) is 7. The first-order chi connectivity index (χ1) is 21.2. The van der Waals surface area contributed by atoms with Gasteiger partial charge in [-0.1, -0.05) is 36.4 Å². The number of piperidine rings is 1. The molecule has 10 heteroatoms. The second-order valence-corrected chi connectivity index (χ2v) is 11.3. The number of fused-ring (bicyclic) bond motifs is 1. The Morgan fingerprint density at radius 1 is 0.909 bits per heavy atom. The maximum Gasteiger partial charge on any atom is 0.255 e. The first kappa shape index (κ1) is 28.7. The third-order valence-corrected chi connectivity index (χ3v) is 8.43. The highest BCUT2D eigenvalue weighted by atomic mass is 16.2. The van der Waals surface area contributed by atoms with Gasteiger partial charge in [0.15, 0.2) is 11.6 Å². The fourth-order valence-electron chi connectivity index (χ4n) is 6.03. The van der Waals surface area contributed by atoms with Gasteiger partial charge >= 0.3 is 0 Å². The molecule has 1 atom stereocenters. The van der Waals surface area contributed by atoms with E-state index in [4.69, 9.17) is 0 Å². The minimum atomic E-state index is -0.752. The standard InChI is InChI=1S/C34H30N4O6/c1-19-14-21(10-11-26(19)35-17-24-29(39)15-22(16-30(24)40)20-6-3-2-4-7-20)32(42)36-27-9-5-8-23-25(27)18-38(34(23)44)28-12-13-31(41)37-33(28)43/h2-11,14,17,22,28,35H,12-13,15-16,18H2,1H3,(H,36,42)(H,37,41,43). The fraction of sp³-hybridized carbons (Fsp3) is 0.235. The van der Waals surface area contributed by atoms with Crippen LogP contribution in [0.15, 0.2) is 78.5 Å². The molecule has 2 aliphatic heterocycles. The summed E-state index contributed by atoms with van der Waals surface area (Å²) >= 11 is 0. The molecule has 222 valence electrons. The van der Waals surface area contributed by atoms with Crippen LogP contribution in [0.25, 0.3) is 0 Å². The van der Waals surface area contributed by atoms with E-state index >= 15 is 0 Å². The van der Waals surface area contributed by atoms with Crippen LogP contribution in [0.2, 0.25) is 0 Å². The molecule has 1 aliphatic carbocycles. The monoisotopic (exact) mass is 590 g/mol. The highest BCUT2D eigenvalue weighted by Crippen LogP contribution is 2.33. The predicted octanol–water partition coefficient (Wildman–Crippen LogP) is 4.02. The maximum absolute atomic E-state index is 13.2. The van der Waals surface area contributed by atoms with Crippen LogP contribution in [0.3, 0.4) is 0 Å². The minimum Gasteiger partial charge on any atom is -0.361 e. The topological polar surface area (TPSA) is 142 Å². The average Bonchev–Trinajstić information content (AvgIpc) is 3.34. The number of amides is 4. The van der Waals surface area contributed by atoms with Gasteiger partial charge in [0.1, 0.15) is 6.04 Å². The lowest BCUT2D eigenvalue weighted by molar-refractivity contribution is -0.137. The van der Waals surface area contributed by atoms with Gasteiger partial charge in [0, 0.05) is 60.1 Å². The summed E-state index contributed by atoms with van der Waals surface area (Å²) in [6.07, 6.45) is 2.39. The number of Topliss-reactive ketones (excluding diaryl/α,β-unsaturated/α-hetero) is 2. The normalized spacial score (nSPS) is 19.9. The Morgan fingerprint density at radius 3 is 2.36 bits per heavy atom. The molecule has 3 N–H and O–H groups in total. The Bertz CT molecular complexity index is 1740. The zero-order valence-corrected chi connectivity index (χ0v) is 24.0. The van der Waals surface area contributed by atoms with E-state index in [2.05, 4.69) is 16.0 Å². The quantitative estimate of drug-likeness (QED) is 0.224. The number of carbonyl (C=O) groups excluding carboxylic acids is 6. The number of anilines is 2. The lowest BCUT2D eigenvalue weighted by Crippen LogP contribution is -2.52. The first-order valence-corrected chi connectivity index (χ1v) is 14.5. The molecule has 6 rings (SSSR count). The molecule has 0 radical (unpaired) electrons. The summed E-state index contributed by atoms with van der Waals surface area (Å²) < 4.78 is 0. The third kappa shape index (κ3) is 5.54. The number of nitrogens with zero attached hydrogens (tertiary/aromatic N) is 1. The van der Waals surface area contributed by atoms with Crippen molar-refractivity contribution in [1.29, 1.82) is 0 Å². The van der Waals surface area contributed by atoms with Crippen LogP contribution < -0.4 is 16.0 Å². The van der Waals surface area contributed by atoms with Crippen LogP contribution in [0.4, 0.5) is 11.4 Å². The Kier molecular flexibility index (Phi) is 7.65. The Morgan fingerprint density at radius 2 is 1.66 bits per heavy atom. The van der Waals surface area contributed by atoms with Gasteiger partial charge in [0.25, 0.3) is 11.8 Å². The SMILES string of the molecule is Cc1cc(C(=O)Nc2cccc3c2CN(C2CCC(=O)NC2=O)C3=O)ccc1NC=C1C(=O)CC(c2ccccc2)CC1=O. The predicted molar refractivity (Wildman–Crippen MR) is 162 cm³/mol. The molecule has 3 aliphatic rings. The number of ketones is 2. The van der Waals surface area contributed by atoms with E-state index in [9.17, 15) is 28.8 Å². The molecule has 44 heavy (non-hydrogen) atoms. The Labute approximate surface area is 253 Å². The van der Waals surface area contributed by atoms with Crippen LogP contribution in [-0.4, -0.2) is 46.1 Å². The molecule has 3 aromatic rings. The van der Waals surface area contributed by atoms with E-state index < -0.39 is 11.9 Å². The minimum absolute atomic E-state index is 0.127. The smallest absolute Gasteiger partial charge is 0.255 e. The van der Waals surface area contributed by atoms with Crippen molar-refractivity contribution < 1.29 is 28.8 Å². The maximum atomic E-state index is 13.2. The second kappa shape index (κ2) is 11.7. The van der Waals surface area contributed by atoms with Crippen molar-refractivity contribution >= 4 is 46.6 Å². The molecule has 0 bridgehead atoms. The van der Waals surface area contributed by atoms with Gasteiger partial charge in [-0.3, -0.25) is 34.1 Å². The molecular formula is C34H30N4O6. The van der Waals surface area contributed by atoms with E-state index in [1.807, 2.05) is 37.3 Å². The van der Waals surface area contributed by atoms with Crippen LogP contribution in [0.5, 0.6) is 0 Å². The molecule has 2 fully saturated rings. The number of benzene rings is 3. The highest BCUT2D eigenvalue weighted by molar-refractivity contribution is 6.22. The van der Waals surface area contributed by atoms with Gasteiger partial charge in [-0.2, -0.15) is 0 Å². The Hall–Kier alpha value is -5.38. The largest absolute Gasteiger partial charge is 0.361 e. The van der Waals surface area contributed by atoms with Crippen molar-refractivity contribution in [3.63, 3.8) is 0 Å². The van der Waals surface area contributed by atoms with Crippen LogP contribution in [0.1, 0.15) is 69.0 Å². The molecule has 3 aromatic carbocycles. The molecule has 0 aromatic heterocycles.